The molecule has 0 aliphatic heterocycles. The zero-order valence-corrected chi connectivity index (χ0v) is 22.4. The van der Waals surface area contributed by atoms with E-state index >= 15 is 0 Å². The lowest BCUT2D eigenvalue weighted by atomic mass is 9.84. The molecule has 212 valence electrons. The summed E-state index contributed by atoms with van der Waals surface area (Å²) in [5, 5.41) is 0. The molecule has 1 N–H and O–H groups in total. The molecule has 1 unspecified atom stereocenters. The minimum atomic E-state index is -4.82. The Hall–Kier alpha value is -2.24. The zero-order valence-electron chi connectivity index (χ0n) is 21.5. The number of carbonyl (C=O) groups is 1. The van der Waals surface area contributed by atoms with Gasteiger partial charge in [0.15, 0.2) is 5.54 Å². The van der Waals surface area contributed by atoms with Crippen molar-refractivity contribution in [2.24, 2.45) is 0 Å². The second-order valence-corrected chi connectivity index (χ2v) is 12.0. The van der Waals surface area contributed by atoms with Crippen LogP contribution in [0, 0.1) is 0 Å². The van der Waals surface area contributed by atoms with Crippen LogP contribution in [0.2, 0.25) is 0 Å². The van der Waals surface area contributed by atoms with Crippen LogP contribution >= 0.6 is 0 Å². The molecular formula is C27H33F6NO3S. The first-order valence-electron chi connectivity index (χ1n) is 12.2. The summed E-state index contributed by atoms with van der Waals surface area (Å²) in [7, 11) is 0. The maximum atomic E-state index is 14.8. The van der Waals surface area contributed by atoms with Crippen molar-refractivity contribution < 1.29 is 40.4 Å². The highest BCUT2D eigenvalue weighted by molar-refractivity contribution is 7.90. The van der Waals surface area contributed by atoms with Crippen molar-refractivity contribution in [3.63, 3.8) is 0 Å². The molecule has 0 saturated heterocycles. The molecule has 0 aliphatic carbocycles. The van der Waals surface area contributed by atoms with Crippen molar-refractivity contribution in [1.29, 1.82) is 0 Å². The molecule has 0 radical (unpaired) electrons. The highest BCUT2D eigenvalue weighted by Gasteiger charge is 2.59. The molecule has 2 aromatic carbocycles. The van der Waals surface area contributed by atoms with Crippen LogP contribution in [-0.4, -0.2) is 34.5 Å². The van der Waals surface area contributed by atoms with Crippen LogP contribution in [0.5, 0.6) is 5.75 Å². The molecule has 2 rings (SSSR count). The molecule has 38 heavy (non-hydrogen) atoms. The van der Waals surface area contributed by atoms with Gasteiger partial charge in [-0.1, -0.05) is 36.4 Å². The average Bonchev–Trinajstić information content (AvgIpc) is 2.82. The molecule has 11 heteroatoms. The number of alkyl halides is 6. The predicted octanol–water partition coefficient (Wildman–Crippen LogP) is 7.44. The molecule has 0 fully saturated rings. The molecule has 2 atom stereocenters. The number of benzene rings is 2. The Balaban J connectivity index is 2.24. The van der Waals surface area contributed by atoms with Crippen molar-refractivity contribution in [3.8, 4) is 5.75 Å². The van der Waals surface area contributed by atoms with Gasteiger partial charge in [-0.15, -0.1) is 4.72 Å². The number of aldehydes is 1. The summed E-state index contributed by atoms with van der Waals surface area (Å²) in [6.07, 6.45) is -9.06. The van der Waals surface area contributed by atoms with Crippen LogP contribution in [0.1, 0.15) is 74.4 Å². The Bertz CT molecular complexity index is 1000. The van der Waals surface area contributed by atoms with Crippen LogP contribution in [0.25, 0.3) is 0 Å². The van der Waals surface area contributed by atoms with Gasteiger partial charge in [0, 0.05) is 23.3 Å². The summed E-state index contributed by atoms with van der Waals surface area (Å²) in [5.41, 5.74) is -1.81. The third-order valence-electron chi connectivity index (χ3n) is 5.93. The lowest BCUT2D eigenvalue weighted by molar-refractivity contribution is -0.197. The third kappa shape index (κ3) is 9.50. The monoisotopic (exact) mass is 565 g/mol. The number of hydrogen-bond acceptors (Lipinski definition) is 4. The quantitative estimate of drug-likeness (QED) is 0.119. The fourth-order valence-corrected chi connectivity index (χ4v) is 4.61. The molecule has 0 aliphatic rings. The van der Waals surface area contributed by atoms with Crippen molar-refractivity contribution in [3.05, 3.63) is 65.2 Å². The van der Waals surface area contributed by atoms with E-state index < -0.39 is 46.8 Å². The first-order chi connectivity index (χ1) is 17.6. The Morgan fingerprint density at radius 3 is 1.97 bits per heavy atom. The van der Waals surface area contributed by atoms with Gasteiger partial charge in [-0.25, -0.2) is 0 Å². The number of aryl methyl sites for hydroxylation is 1. The minimum Gasteiger partial charge on any atom is -0.598 e. The SMILES string of the molecule is CC(C)(C)[S+]([O-])N[C@@](CCc1ccc(C=O)cc1)(c1ccc(OCCCCCC(F)(F)F)cc1)C(F)(F)F. The molecule has 0 saturated carbocycles. The summed E-state index contributed by atoms with van der Waals surface area (Å²) in [6.45, 7) is 4.84. The van der Waals surface area contributed by atoms with Gasteiger partial charge in [-0.05, 0) is 76.1 Å². The van der Waals surface area contributed by atoms with Gasteiger partial charge >= 0.3 is 12.4 Å². The molecule has 0 aromatic heterocycles. The maximum absolute atomic E-state index is 14.8. The average molecular weight is 566 g/mol. The zero-order chi connectivity index (χ0) is 28.6. The highest BCUT2D eigenvalue weighted by Crippen LogP contribution is 2.44. The Morgan fingerprint density at radius 2 is 1.47 bits per heavy atom. The molecule has 0 amide bonds. The van der Waals surface area contributed by atoms with Gasteiger partial charge in [0.2, 0.25) is 0 Å². The second-order valence-electron chi connectivity index (χ2n) is 10.0. The van der Waals surface area contributed by atoms with Crippen molar-refractivity contribution in [1.82, 2.24) is 4.72 Å². The van der Waals surface area contributed by atoms with Crippen LogP contribution in [-0.2, 0) is 23.3 Å². The van der Waals surface area contributed by atoms with Crippen molar-refractivity contribution in [2.45, 2.75) is 81.9 Å². The van der Waals surface area contributed by atoms with E-state index in [1.165, 1.54) is 36.4 Å². The molecule has 0 spiro atoms. The number of unbranched alkanes of at least 4 members (excludes halogenated alkanes) is 2. The Labute approximate surface area is 222 Å². The molecule has 0 bridgehead atoms. The number of nitrogens with one attached hydrogen (secondary N) is 1. The number of halogens is 6. The summed E-state index contributed by atoms with van der Waals surface area (Å²) in [5.74, 6) is 0.280. The van der Waals surface area contributed by atoms with Gasteiger partial charge in [0.25, 0.3) is 0 Å². The van der Waals surface area contributed by atoms with E-state index in [2.05, 4.69) is 4.72 Å². The van der Waals surface area contributed by atoms with E-state index in [1.807, 2.05) is 0 Å². The van der Waals surface area contributed by atoms with Crippen LogP contribution in [0.4, 0.5) is 26.3 Å². The van der Waals surface area contributed by atoms with Gasteiger partial charge in [0.05, 0.1) is 6.61 Å². The lowest BCUT2D eigenvalue weighted by Crippen LogP contribution is -2.59. The fourth-order valence-electron chi connectivity index (χ4n) is 3.65. The van der Waals surface area contributed by atoms with E-state index in [1.54, 1.807) is 32.9 Å². The summed E-state index contributed by atoms with van der Waals surface area (Å²) in [4.78, 5) is 10.9. The van der Waals surface area contributed by atoms with E-state index in [9.17, 15) is 35.7 Å². The van der Waals surface area contributed by atoms with E-state index in [-0.39, 0.29) is 30.8 Å². The summed E-state index contributed by atoms with van der Waals surface area (Å²) >= 11 is -2.06. The van der Waals surface area contributed by atoms with E-state index in [0.717, 1.165) is 0 Å². The number of rotatable bonds is 13. The standard InChI is InChI=1S/C27H33F6NO3S/c1-24(2,3)38(36)34-25(27(31,32)33,17-15-20-7-9-21(19-35)10-8-20)22-11-13-23(14-12-22)37-18-6-4-5-16-26(28,29)30/h7-14,19,34H,4-6,15-18H2,1-3H3/t25-,38?/m0/s1. The van der Waals surface area contributed by atoms with Crippen molar-refractivity contribution in [2.75, 3.05) is 6.61 Å². The van der Waals surface area contributed by atoms with Crippen LogP contribution in [0.15, 0.2) is 48.5 Å². The summed E-state index contributed by atoms with van der Waals surface area (Å²) < 4.78 is 101. The molecule has 4 nitrogen and oxygen atoms in total. The smallest absolute Gasteiger partial charge is 0.415 e. The molecular weight excluding hydrogens is 532 g/mol. The first-order valence-corrected chi connectivity index (χ1v) is 13.3. The van der Waals surface area contributed by atoms with E-state index in [4.69, 9.17) is 4.74 Å². The predicted molar refractivity (Wildman–Crippen MR) is 135 cm³/mol. The highest BCUT2D eigenvalue weighted by atomic mass is 32.2. The van der Waals surface area contributed by atoms with Gasteiger partial charge in [0.1, 0.15) is 16.8 Å². The largest absolute Gasteiger partial charge is 0.598 e. The van der Waals surface area contributed by atoms with Gasteiger partial charge in [-0.2, -0.15) is 26.3 Å². The lowest BCUT2D eigenvalue weighted by Gasteiger charge is -2.39. The number of hydrogen-bond donors (Lipinski definition) is 1. The fraction of sp³-hybridized carbons (Fsp3) is 0.519. The number of ether oxygens (including phenoxy) is 1. The second kappa shape index (κ2) is 13.2. The van der Waals surface area contributed by atoms with Gasteiger partial charge < -0.3 is 9.29 Å². The van der Waals surface area contributed by atoms with E-state index in [0.29, 0.717) is 30.3 Å². The number of carbonyl (C=O) groups excluding carboxylic acids is 1. The van der Waals surface area contributed by atoms with Gasteiger partial charge in [-0.3, -0.25) is 4.79 Å². The summed E-state index contributed by atoms with van der Waals surface area (Å²) in [6, 6.07) is 11.5. The molecule has 2 aromatic rings. The third-order valence-corrected chi connectivity index (χ3v) is 7.58. The first kappa shape index (κ1) is 32.0. The maximum Gasteiger partial charge on any atom is 0.415 e. The molecule has 0 heterocycles. The topological polar surface area (TPSA) is 61.4 Å². The van der Waals surface area contributed by atoms with Crippen molar-refractivity contribution >= 4 is 17.6 Å². The minimum absolute atomic E-state index is 0.0107. The Kier molecular flexibility index (Phi) is 11.1. The van der Waals surface area contributed by atoms with Crippen LogP contribution in [0.3, 0.4) is 0 Å². The Morgan fingerprint density at radius 1 is 0.868 bits per heavy atom. The normalized spacial score (nSPS) is 15.1. The van der Waals surface area contributed by atoms with Crippen LogP contribution < -0.4 is 9.46 Å².